The Hall–Kier alpha value is -3.91. The van der Waals surface area contributed by atoms with Crippen LogP contribution in [-0.2, 0) is 6.54 Å². The van der Waals surface area contributed by atoms with Crippen molar-refractivity contribution < 1.29 is 4.39 Å². The average molecular weight is 427 g/mol. The largest absolute Gasteiger partial charge is 0.343 e. The van der Waals surface area contributed by atoms with E-state index in [1.165, 1.54) is 6.07 Å². The Morgan fingerprint density at radius 1 is 1.03 bits per heavy atom. The third kappa shape index (κ3) is 3.76. The van der Waals surface area contributed by atoms with Gasteiger partial charge in [0.05, 0.1) is 47.4 Å². The zero-order valence-corrected chi connectivity index (χ0v) is 17.8. The summed E-state index contributed by atoms with van der Waals surface area (Å²) in [6.07, 6.45) is 7.38. The molecule has 0 aliphatic carbocycles. The lowest BCUT2D eigenvalue weighted by Gasteiger charge is -2.07. The van der Waals surface area contributed by atoms with Gasteiger partial charge in [0.25, 0.3) is 0 Å². The van der Waals surface area contributed by atoms with E-state index in [1.54, 1.807) is 19.3 Å². The fourth-order valence-electron chi connectivity index (χ4n) is 3.69. The summed E-state index contributed by atoms with van der Waals surface area (Å²) in [5.74, 6) is -0.326. The molecule has 0 aliphatic heterocycles. The Balaban J connectivity index is 1.52. The number of imidazole rings is 1. The van der Waals surface area contributed by atoms with Gasteiger partial charge >= 0.3 is 0 Å². The van der Waals surface area contributed by atoms with E-state index < -0.39 is 0 Å². The number of nitrogens with zero attached hydrogens (tertiary/aromatic N) is 5. The Labute approximate surface area is 184 Å². The summed E-state index contributed by atoms with van der Waals surface area (Å²) in [7, 11) is 1.92. The summed E-state index contributed by atoms with van der Waals surface area (Å²) in [5, 5.41) is 8.55. The molecule has 32 heavy (non-hydrogen) atoms. The molecule has 0 radical (unpaired) electrons. The highest BCUT2D eigenvalue weighted by atomic mass is 19.1. The summed E-state index contributed by atoms with van der Waals surface area (Å²) >= 11 is 0. The van der Waals surface area contributed by atoms with Gasteiger partial charge in [-0.3, -0.25) is 9.67 Å². The number of nitrogens with one attached hydrogen (secondary N) is 2. The summed E-state index contributed by atoms with van der Waals surface area (Å²) < 4.78 is 15.6. The number of halogens is 1. The van der Waals surface area contributed by atoms with Gasteiger partial charge in [-0.15, -0.1) is 0 Å². The molecule has 0 unspecified atom stereocenters. The number of hydrogen-bond acceptors (Lipinski definition) is 5. The zero-order chi connectivity index (χ0) is 22.1. The number of benzene rings is 1. The number of fused-ring (bicyclic) bond motifs is 1. The highest BCUT2D eigenvalue weighted by Crippen LogP contribution is 2.31. The number of pyridine rings is 2. The first-order chi connectivity index (χ1) is 15.6. The molecule has 0 bridgehead atoms. The molecule has 4 aromatic heterocycles. The molecule has 160 valence electrons. The van der Waals surface area contributed by atoms with Crippen LogP contribution in [0.15, 0.2) is 61.3 Å². The smallest absolute Gasteiger partial charge is 0.144 e. The topological polar surface area (TPSA) is 84.3 Å². The van der Waals surface area contributed by atoms with Crippen LogP contribution in [0.1, 0.15) is 5.69 Å². The number of aromatic amines is 1. The molecule has 8 heteroatoms. The minimum atomic E-state index is -0.326. The first-order valence-corrected chi connectivity index (χ1v) is 10.4. The second kappa shape index (κ2) is 8.32. The van der Waals surface area contributed by atoms with Gasteiger partial charge in [0, 0.05) is 41.0 Å². The molecule has 0 saturated heterocycles. The van der Waals surface area contributed by atoms with Crippen LogP contribution in [0.5, 0.6) is 0 Å². The lowest BCUT2D eigenvalue weighted by Crippen LogP contribution is -2.14. The van der Waals surface area contributed by atoms with Gasteiger partial charge in [-0.25, -0.2) is 14.4 Å². The van der Waals surface area contributed by atoms with Crippen molar-refractivity contribution in [2.75, 3.05) is 13.6 Å². The summed E-state index contributed by atoms with van der Waals surface area (Å²) in [5.41, 5.74) is 6.37. The molecule has 0 atom stereocenters. The minimum Gasteiger partial charge on any atom is -0.343 e. The summed E-state index contributed by atoms with van der Waals surface area (Å²) in [4.78, 5) is 16.6. The maximum Gasteiger partial charge on any atom is 0.144 e. The third-order valence-corrected chi connectivity index (χ3v) is 5.43. The predicted molar refractivity (Wildman–Crippen MR) is 122 cm³/mol. The second-order valence-corrected chi connectivity index (χ2v) is 7.62. The molecule has 4 heterocycles. The molecular weight excluding hydrogens is 405 g/mol. The van der Waals surface area contributed by atoms with Gasteiger partial charge in [0.1, 0.15) is 5.82 Å². The van der Waals surface area contributed by atoms with E-state index in [2.05, 4.69) is 42.5 Å². The van der Waals surface area contributed by atoms with Gasteiger partial charge in [0.2, 0.25) is 0 Å². The number of H-pyrrole nitrogens is 1. The lowest BCUT2D eigenvalue weighted by atomic mass is 10.0. The van der Waals surface area contributed by atoms with Crippen molar-refractivity contribution >= 4 is 10.9 Å². The van der Waals surface area contributed by atoms with Gasteiger partial charge < -0.3 is 10.3 Å². The van der Waals surface area contributed by atoms with E-state index >= 15 is 0 Å². The van der Waals surface area contributed by atoms with Crippen molar-refractivity contribution in [3.63, 3.8) is 0 Å². The normalized spacial score (nSPS) is 11.3. The van der Waals surface area contributed by atoms with Crippen LogP contribution in [0.25, 0.3) is 44.7 Å². The third-order valence-electron chi connectivity index (χ3n) is 5.43. The molecule has 5 rings (SSSR count). The fraction of sp³-hybridized carbons (Fsp3) is 0.167. The number of rotatable bonds is 6. The van der Waals surface area contributed by atoms with Gasteiger partial charge in [-0.2, -0.15) is 5.10 Å². The van der Waals surface area contributed by atoms with E-state index in [0.29, 0.717) is 11.4 Å². The van der Waals surface area contributed by atoms with Crippen molar-refractivity contribution in [2.45, 2.75) is 13.5 Å². The van der Waals surface area contributed by atoms with E-state index in [0.717, 1.165) is 52.1 Å². The monoisotopic (exact) mass is 427 g/mol. The molecule has 1 aromatic carbocycles. The van der Waals surface area contributed by atoms with Crippen molar-refractivity contribution in [1.82, 2.24) is 35.0 Å². The van der Waals surface area contributed by atoms with Crippen LogP contribution in [0.2, 0.25) is 0 Å². The van der Waals surface area contributed by atoms with Crippen LogP contribution in [0.4, 0.5) is 4.39 Å². The van der Waals surface area contributed by atoms with Crippen LogP contribution in [0.3, 0.4) is 0 Å². The molecule has 0 amide bonds. The maximum absolute atomic E-state index is 13.7. The highest BCUT2D eigenvalue weighted by Gasteiger charge is 2.14. The van der Waals surface area contributed by atoms with Gasteiger partial charge in [-0.05, 0) is 44.3 Å². The van der Waals surface area contributed by atoms with E-state index in [-0.39, 0.29) is 5.82 Å². The quantitative estimate of drug-likeness (QED) is 0.424. The maximum atomic E-state index is 13.7. The molecule has 0 fully saturated rings. The SMILES string of the molecule is CNCCn1cc(-c2cnc3ccc(-c4nc[nH]c4-c4ccc(F)c(C)n4)cc3c2)cn1. The first kappa shape index (κ1) is 20.0. The molecule has 7 nitrogen and oxygen atoms in total. The molecule has 5 aromatic rings. The number of hydrogen-bond donors (Lipinski definition) is 2. The minimum absolute atomic E-state index is 0.326. The molecule has 0 aliphatic rings. The zero-order valence-electron chi connectivity index (χ0n) is 17.8. The Bertz CT molecular complexity index is 1400. The van der Waals surface area contributed by atoms with Crippen molar-refractivity contribution in [3.8, 4) is 33.8 Å². The van der Waals surface area contributed by atoms with Crippen LogP contribution in [0, 0.1) is 12.7 Å². The first-order valence-electron chi connectivity index (χ1n) is 10.4. The molecule has 2 N–H and O–H groups in total. The van der Waals surface area contributed by atoms with Crippen molar-refractivity contribution in [3.05, 3.63) is 72.8 Å². The fourth-order valence-corrected chi connectivity index (χ4v) is 3.69. The van der Waals surface area contributed by atoms with Crippen molar-refractivity contribution in [1.29, 1.82) is 0 Å². The van der Waals surface area contributed by atoms with Gasteiger partial charge in [0.15, 0.2) is 0 Å². The molecule has 0 spiro atoms. The number of likely N-dealkylation sites (N-methyl/N-ethyl adjacent to an activating group) is 1. The van der Waals surface area contributed by atoms with Crippen LogP contribution < -0.4 is 5.32 Å². The number of aryl methyl sites for hydroxylation is 1. The summed E-state index contributed by atoms with van der Waals surface area (Å²) in [6.45, 7) is 3.31. The average Bonchev–Trinajstić information content (AvgIpc) is 3.49. The number of aromatic nitrogens is 6. The Morgan fingerprint density at radius 3 is 2.75 bits per heavy atom. The van der Waals surface area contributed by atoms with Crippen LogP contribution >= 0.6 is 0 Å². The van der Waals surface area contributed by atoms with E-state index in [4.69, 9.17) is 0 Å². The lowest BCUT2D eigenvalue weighted by molar-refractivity contribution is 0.585. The Kier molecular flexibility index (Phi) is 5.20. The van der Waals surface area contributed by atoms with E-state index in [1.807, 2.05) is 42.5 Å². The molecule has 0 saturated carbocycles. The second-order valence-electron chi connectivity index (χ2n) is 7.62. The molecular formula is C24H22FN7. The Morgan fingerprint density at radius 2 is 1.91 bits per heavy atom. The summed E-state index contributed by atoms with van der Waals surface area (Å²) in [6, 6.07) is 11.2. The standard InChI is InChI=1S/C24H22FN7/c1-15-20(25)4-6-22(31-15)24-23(28-14-29-24)16-3-5-21-17(9-16)10-18(11-27-21)19-12-30-32(13-19)8-7-26-2/h3-6,9-14,26H,7-8H2,1-2H3,(H,28,29). The highest BCUT2D eigenvalue weighted by molar-refractivity contribution is 5.89. The van der Waals surface area contributed by atoms with E-state index in [9.17, 15) is 4.39 Å². The van der Waals surface area contributed by atoms with Gasteiger partial charge in [-0.1, -0.05) is 6.07 Å². The van der Waals surface area contributed by atoms with Crippen LogP contribution in [-0.4, -0.2) is 43.3 Å². The predicted octanol–water partition coefficient (Wildman–Crippen LogP) is 4.22. The van der Waals surface area contributed by atoms with Crippen molar-refractivity contribution in [2.24, 2.45) is 0 Å².